The van der Waals surface area contributed by atoms with E-state index < -0.39 is 0 Å². The van der Waals surface area contributed by atoms with E-state index in [0.29, 0.717) is 6.54 Å². The molecule has 0 unspecified atom stereocenters. The summed E-state index contributed by atoms with van der Waals surface area (Å²) in [6.07, 6.45) is 6.57. The van der Waals surface area contributed by atoms with Gasteiger partial charge in [-0.05, 0) is 12.1 Å². The quantitative estimate of drug-likeness (QED) is 0.749. The van der Waals surface area contributed by atoms with Crippen molar-refractivity contribution in [2.24, 2.45) is 0 Å². The largest absolute Gasteiger partial charge is 0.472 e. The first-order valence-electron chi connectivity index (χ1n) is 5.09. The fourth-order valence-electron chi connectivity index (χ4n) is 1.38. The van der Waals surface area contributed by atoms with Crippen molar-refractivity contribution in [3.05, 3.63) is 53.1 Å². The molecule has 0 aliphatic rings. The number of nitrogens with zero attached hydrogens (tertiary/aromatic N) is 2. The third-order valence-electron chi connectivity index (χ3n) is 2.22. The second-order valence-corrected chi connectivity index (χ2v) is 3.40. The smallest absolute Gasteiger partial charge is 0.347 e. The average molecular weight is 219 g/mol. The summed E-state index contributed by atoms with van der Waals surface area (Å²) in [5.41, 5.74) is 0.881. The molecular weight excluding hydrogens is 206 g/mol. The third-order valence-corrected chi connectivity index (χ3v) is 2.22. The standard InChI is InChI=1S/C11H13N3O2/c15-11-13-3-1-5-14(11)6-4-12-8-10-2-7-16-9-10/h1-3,5,7,9,12H,4,6,8H2. The van der Waals surface area contributed by atoms with Gasteiger partial charge in [-0.25, -0.2) is 9.78 Å². The van der Waals surface area contributed by atoms with Crippen LogP contribution in [0.3, 0.4) is 0 Å². The van der Waals surface area contributed by atoms with Crippen LogP contribution in [0.2, 0.25) is 0 Å². The lowest BCUT2D eigenvalue weighted by Gasteiger charge is -2.04. The second-order valence-electron chi connectivity index (χ2n) is 3.40. The Bertz CT molecular complexity index is 476. The Morgan fingerprint density at radius 2 is 2.44 bits per heavy atom. The highest BCUT2D eigenvalue weighted by atomic mass is 16.3. The van der Waals surface area contributed by atoms with Gasteiger partial charge < -0.3 is 9.73 Å². The Morgan fingerprint density at radius 1 is 1.50 bits per heavy atom. The van der Waals surface area contributed by atoms with Crippen LogP contribution in [0.5, 0.6) is 0 Å². The van der Waals surface area contributed by atoms with E-state index >= 15 is 0 Å². The molecule has 0 saturated heterocycles. The molecule has 2 heterocycles. The zero-order valence-electron chi connectivity index (χ0n) is 8.80. The molecule has 2 aromatic heterocycles. The molecule has 0 aliphatic heterocycles. The van der Waals surface area contributed by atoms with Crippen molar-refractivity contribution < 1.29 is 4.42 Å². The van der Waals surface area contributed by atoms with E-state index in [1.54, 1.807) is 29.4 Å². The van der Waals surface area contributed by atoms with Crippen molar-refractivity contribution in [1.29, 1.82) is 0 Å². The molecule has 5 heteroatoms. The van der Waals surface area contributed by atoms with Crippen LogP contribution in [-0.4, -0.2) is 16.1 Å². The summed E-state index contributed by atoms with van der Waals surface area (Å²) in [7, 11) is 0. The van der Waals surface area contributed by atoms with E-state index in [1.165, 1.54) is 6.20 Å². The minimum atomic E-state index is -0.215. The van der Waals surface area contributed by atoms with E-state index in [2.05, 4.69) is 10.3 Å². The van der Waals surface area contributed by atoms with Crippen LogP contribution >= 0.6 is 0 Å². The third kappa shape index (κ3) is 2.80. The van der Waals surface area contributed by atoms with Gasteiger partial charge in [0.05, 0.1) is 12.5 Å². The number of hydrogen-bond donors (Lipinski definition) is 1. The first-order valence-corrected chi connectivity index (χ1v) is 5.09. The maximum Gasteiger partial charge on any atom is 0.347 e. The van der Waals surface area contributed by atoms with Gasteiger partial charge in [-0.3, -0.25) is 4.57 Å². The number of rotatable bonds is 5. The van der Waals surface area contributed by atoms with Crippen molar-refractivity contribution in [2.75, 3.05) is 6.54 Å². The monoisotopic (exact) mass is 219 g/mol. The molecule has 2 aromatic rings. The van der Waals surface area contributed by atoms with Gasteiger partial charge in [0.25, 0.3) is 0 Å². The molecule has 0 spiro atoms. The molecule has 1 N–H and O–H groups in total. The highest BCUT2D eigenvalue weighted by Gasteiger charge is 1.96. The summed E-state index contributed by atoms with van der Waals surface area (Å²) in [4.78, 5) is 14.9. The number of furan rings is 1. The predicted octanol–water partition coefficient (Wildman–Crippen LogP) is 0.626. The normalized spacial score (nSPS) is 10.5. The minimum absolute atomic E-state index is 0.215. The highest BCUT2D eigenvalue weighted by molar-refractivity contribution is 5.04. The van der Waals surface area contributed by atoms with Gasteiger partial charge in [0.1, 0.15) is 0 Å². The van der Waals surface area contributed by atoms with Gasteiger partial charge in [-0.15, -0.1) is 0 Å². The Morgan fingerprint density at radius 3 is 3.19 bits per heavy atom. The van der Waals surface area contributed by atoms with E-state index in [0.717, 1.165) is 18.7 Å². The van der Waals surface area contributed by atoms with Crippen molar-refractivity contribution in [3.8, 4) is 0 Å². The van der Waals surface area contributed by atoms with Crippen LogP contribution in [-0.2, 0) is 13.1 Å². The molecule has 84 valence electrons. The fourth-order valence-corrected chi connectivity index (χ4v) is 1.38. The molecule has 0 bridgehead atoms. The summed E-state index contributed by atoms with van der Waals surface area (Å²) < 4.78 is 6.52. The van der Waals surface area contributed by atoms with Gasteiger partial charge >= 0.3 is 5.69 Å². The minimum Gasteiger partial charge on any atom is -0.472 e. The second kappa shape index (κ2) is 5.27. The van der Waals surface area contributed by atoms with Gasteiger partial charge in [-0.2, -0.15) is 0 Å². The summed E-state index contributed by atoms with van der Waals surface area (Å²) in [6.45, 7) is 2.08. The van der Waals surface area contributed by atoms with E-state index in [9.17, 15) is 4.79 Å². The lowest BCUT2D eigenvalue weighted by atomic mass is 10.3. The maximum atomic E-state index is 11.3. The number of hydrogen-bond acceptors (Lipinski definition) is 4. The molecular formula is C11H13N3O2. The van der Waals surface area contributed by atoms with Gasteiger partial charge in [0.15, 0.2) is 0 Å². The van der Waals surface area contributed by atoms with E-state index in [4.69, 9.17) is 4.42 Å². The van der Waals surface area contributed by atoms with E-state index in [-0.39, 0.29) is 5.69 Å². The summed E-state index contributed by atoms with van der Waals surface area (Å²) in [6, 6.07) is 3.65. The number of nitrogens with one attached hydrogen (secondary N) is 1. The fraction of sp³-hybridized carbons (Fsp3) is 0.273. The topological polar surface area (TPSA) is 60.1 Å². The average Bonchev–Trinajstić information content (AvgIpc) is 2.79. The van der Waals surface area contributed by atoms with E-state index in [1.807, 2.05) is 6.07 Å². The molecule has 0 radical (unpaired) electrons. The van der Waals surface area contributed by atoms with Crippen molar-refractivity contribution in [2.45, 2.75) is 13.1 Å². The SMILES string of the molecule is O=c1ncccn1CCNCc1ccoc1. The summed E-state index contributed by atoms with van der Waals surface area (Å²) >= 11 is 0. The Hall–Kier alpha value is -1.88. The Balaban J connectivity index is 1.76. The van der Waals surface area contributed by atoms with Gasteiger partial charge in [0, 0.05) is 37.6 Å². The van der Waals surface area contributed by atoms with Crippen molar-refractivity contribution in [3.63, 3.8) is 0 Å². The van der Waals surface area contributed by atoms with Crippen LogP contribution in [0, 0.1) is 0 Å². The first-order chi connectivity index (χ1) is 7.86. The van der Waals surface area contributed by atoms with Crippen LogP contribution in [0.1, 0.15) is 5.56 Å². The molecule has 0 amide bonds. The molecule has 0 fully saturated rings. The van der Waals surface area contributed by atoms with Gasteiger partial charge in [0.2, 0.25) is 0 Å². The molecule has 2 rings (SSSR count). The number of aromatic nitrogens is 2. The molecule has 0 aliphatic carbocycles. The molecule has 16 heavy (non-hydrogen) atoms. The lowest BCUT2D eigenvalue weighted by Crippen LogP contribution is -2.27. The first kappa shape index (κ1) is 10.6. The molecule has 0 atom stereocenters. The summed E-state index contributed by atoms with van der Waals surface area (Å²) in [5, 5.41) is 3.22. The predicted molar refractivity (Wildman–Crippen MR) is 58.9 cm³/mol. The zero-order chi connectivity index (χ0) is 11.2. The zero-order valence-corrected chi connectivity index (χ0v) is 8.80. The highest BCUT2D eigenvalue weighted by Crippen LogP contribution is 1.97. The Kier molecular flexibility index (Phi) is 3.50. The van der Waals surface area contributed by atoms with Crippen molar-refractivity contribution >= 4 is 0 Å². The summed E-state index contributed by atoms with van der Waals surface area (Å²) in [5.74, 6) is 0. The Labute approximate surface area is 92.7 Å². The van der Waals surface area contributed by atoms with Crippen molar-refractivity contribution in [1.82, 2.24) is 14.9 Å². The molecule has 0 aromatic carbocycles. The van der Waals surface area contributed by atoms with Crippen LogP contribution in [0.15, 0.2) is 46.3 Å². The van der Waals surface area contributed by atoms with Gasteiger partial charge in [-0.1, -0.05) is 0 Å². The maximum absolute atomic E-state index is 11.3. The molecule has 5 nitrogen and oxygen atoms in total. The lowest BCUT2D eigenvalue weighted by molar-refractivity contribution is 0.552. The van der Waals surface area contributed by atoms with Crippen LogP contribution in [0.4, 0.5) is 0 Å². The van der Waals surface area contributed by atoms with Crippen LogP contribution < -0.4 is 11.0 Å². The molecule has 0 saturated carbocycles. The van der Waals surface area contributed by atoms with Crippen LogP contribution in [0.25, 0.3) is 0 Å².